The number of para-hydroxylation sites is 1. The van der Waals surface area contributed by atoms with E-state index in [1.807, 2.05) is 66.7 Å². The number of rotatable bonds is 9. The van der Waals surface area contributed by atoms with Crippen LogP contribution in [0, 0.1) is 0 Å². The highest BCUT2D eigenvalue weighted by molar-refractivity contribution is 5.95. The molecular formula is C33H30N4O4. The third kappa shape index (κ3) is 6.67. The van der Waals surface area contributed by atoms with Crippen molar-refractivity contribution in [3.8, 4) is 11.6 Å². The smallest absolute Gasteiger partial charge is 0.328 e. The van der Waals surface area contributed by atoms with Gasteiger partial charge in [0.25, 0.3) is 0 Å². The van der Waals surface area contributed by atoms with Crippen molar-refractivity contribution in [3.05, 3.63) is 126 Å². The van der Waals surface area contributed by atoms with E-state index in [-0.39, 0.29) is 6.42 Å². The lowest BCUT2D eigenvalue weighted by Gasteiger charge is -2.24. The molecule has 0 aliphatic rings. The van der Waals surface area contributed by atoms with E-state index in [0.29, 0.717) is 18.1 Å². The molecule has 0 spiro atoms. The molecule has 5 aromatic rings. The zero-order valence-corrected chi connectivity index (χ0v) is 22.9. The SMILES string of the molecule is COC(=O)C(Cc1ccc(Oc2nccc3ccncc23)cc1)NC(=O)N(C)c1ccccc1Cc1ccccc1. The van der Waals surface area contributed by atoms with E-state index in [1.165, 1.54) is 12.0 Å². The molecule has 0 saturated heterocycles. The maximum atomic E-state index is 13.3. The Morgan fingerprint density at radius 1 is 0.878 bits per heavy atom. The van der Waals surface area contributed by atoms with Gasteiger partial charge in [0.2, 0.25) is 5.88 Å². The molecule has 8 nitrogen and oxygen atoms in total. The molecule has 2 amide bonds. The predicted octanol–water partition coefficient (Wildman–Crippen LogP) is 5.94. The van der Waals surface area contributed by atoms with Gasteiger partial charge in [-0.2, -0.15) is 0 Å². The molecule has 0 aliphatic heterocycles. The van der Waals surface area contributed by atoms with E-state index in [9.17, 15) is 9.59 Å². The first-order valence-electron chi connectivity index (χ1n) is 13.2. The Morgan fingerprint density at radius 3 is 2.39 bits per heavy atom. The highest BCUT2D eigenvalue weighted by Gasteiger charge is 2.25. The summed E-state index contributed by atoms with van der Waals surface area (Å²) in [4.78, 5) is 36.0. The number of anilines is 1. The maximum Gasteiger partial charge on any atom is 0.328 e. The fourth-order valence-electron chi connectivity index (χ4n) is 4.60. The van der Waals surface area contributed by atoms with Crippen LogP contribution < -0.4 is 15.0 Å². The van der Waals surface area contributed by atoms with Gasteiger partial charge in [0.1, 0.15) is 11.8 Å². The molecule has 206 valence electrons. The van der Waals surface area contributed by atoms with Crippen molar-refractivity contribution in [1.29, 1.82) is 0 Å². The predicted molar refractivity (Wildman–Crippen MR) is 158 cm³/mol. The van der Waals surface area contributed by atoms with Crippen LogP contribution >= 0.6 is 0 Å². The molecule has 5 rings (SSSR count). The lowest BCUT2D eigenvalue weighted by molar-refractivity contribution is -0.142. The quantitative estimate of drug-likeness (QED) is 0.230. The number of carbonyl (C=O) groups excluding carboxylic acids is 2. The number of hydrogen-bond acceptors (Lipinski definition) is 6. The molecule has 0 aliphatic carbocycles. The summed E-state index contributed by atoms with van der Waals surface area (Å²) < 4.78 is 11.0. The second-order valence-corrected chi connectivity index (χ2v) is 9.54. The fraction of sp³-hybridized carbons (Fsp3) is 0.152. The van der Waals surface area contributed by atoms with Crippen LogP contribution in [0.3, 0.4) is 0 Å². The van der Waals surface area contributed by atoms with Crippen LogP contribution in [-0.4, -0.2) is 42.2 Å². The third-order valence-corrected chi connectivity index (χ3v) is 6.79. The Kier molecular flexibility index (Phi) is 8.49. The number of fused-ring (bicyclic) bond motifs is 1. The van der Waals surface area contributed by atoms with Gasteiger partial charge in [-0.25, -0.2) is 14.6 Å². The normalized spacial score (nSPS) is 11.5. The van der Waals surface area contributed by atoms with E-state index in [4.69, 9.17) is 9.47 Å². The van der Waals surface area contributed by atoms with Crippen molar-refractivity contribution in [1.82, 2.24) is 15.3 Å². The highest BCUT2D eigenvalue weighted by atomic mass is 16.5. The molecule has 2 aromatic heterocycles. The number of urea groups is 1. The molecule has 0 bridgehead atoms. The van der Waals surface area contributed by atoms with Crippen LogP contribution in [0.4, 0.5) is 10.5 Å². The summed E-state index contributed by atoms with van der Waals surface area (Å²) in [6, 6.07) is 27.6. The Hall–Kier alpha value is -5.24. The zero-order valence-electron chi connectivity index (χ0n) is 22.9. The number of methoxy groups -OCH3 is 1. The first-order chi connectivity index (χ1) is 20.0. The number of amides is 2. The molecule has 1 unspecified atom stereocenters. The molecule has 1 atom stereocenters. The van der Waals surface area contributed by atoms with Crippen LogP contribution in [0.25, 0.3) is 10.8 Å². The van der Waals surface area contributed by atoms with Gasteiger partial charge in [0.05, 0.1) is 12.5 Å². The van der Waals surface area contributed by atoms with Crippen LogP contribution in [0.2, 0.25) is 0 Å². The minimum atomic E-state index is -0.881. The topological polar surface area (TPSA) is 93.6 Å². The molecule has 3 aromatic carbocycles. The van der Waals surface area contributed by atoms with Crippen LogP contribution in [-0.2, 0) is 22.4 Å². The molecule has 0 saturated carbocycles. The van der Waals surface area contributed by atoms with E-state index in [0.717, 1.165) is 33.2 Å². The maximum absolute atomic E-state index is 13.3. The molecule has 2 heterocycles. The summed E-state index contributed by atoms with van der Waals surface area (Å²) >= 11 is 0. The number of hydrogen-bond donors (Lipinski definition) is 1. The number of esters is 1. The number of pyridine rings is 2. The molecular weight excluding hydrogens is 516 g/mol. The Morgan fingerprint density at radius 2 is 1.61 bits per heavy atom. The average molecular weight is 547 g/mol. The van der Waals surface area contributed by atoms with Gasteiger partial charge in [0.15, 0.2) is 0 Å². The van der Waals surface area contributed by atoms with Gasteiger partial charge in [0, 0.05) is 37.7 Å². The highest BCUT2D eigenvalue weighted by Crippen LogP contribution is 2.27. The van der Waals surface area contributed by atoms with Crippen molar-refractivity contribution in [2.24, 2.45) is 0 Å². The van der Waals surface area contributed by atoms with Crippen LogP contribution in [0.15, 0.2) is 110 Å². The van der Waals surface area contributed by atoms with E-state index in [2.05, 4.69) is 27.4 Å². The lowest BCUT2D eigenvalue weighted by Crippen LogP contribution is -2.48. The molecule has 41 heavy (non-hydrogen) atoms. The minimum absolute atomic E-state index is 0.245. The number of nitrogens with one attached hydrogen (secondary N) is 1. The van der Waals surface area contributed by atoms with Gasteiger partial charge in [-0.15, -0.1) is 0 Å². The summed E-state index contributed by atoms with van der Waals surface area (Å²) in [5.41, 5.74) is 3.73. The summed E-state index contributed by atoms with van der Waals surface area (Å²) in [6.07, 6.45) is 6.04. The third-order valence-electron chi connectivity index (χ3n) is 6.79. The largest absolute Gasteiger partial charge is 0.467 e. The number of benzene rings is 3. The van der Waals surface area contributed by atoms with Crippen molar-refractivity contribution in [3.63, 3.8) is 0 Å². The molecule has 1 N–H and O–H groups in total. The van der Waals surface area contributed by atoms with Crippen molar-refractivity contribution in [2.45, 2.75) is 18.9 Å². The van der Waals surface area contributed by atoms with Crippen LogP contribution in [0.1, 0.15) is 16.7 Å². The molecule has 0 fully saturated rings. The summed E-state index contributed by atoms with van der Waals surface area (Å²) in [7, 11) is 3.00. The second kappa shape index (κ2) is 12.7. The molecule has 8 heteroatoms. The number of carbonyl (C=O) groups is 2. The zero-order chi connectivity index (χ0) is 28.6. The second-order valence-electron chi connectivity index (χ2n) is 9.54. The van der Waals surface area contributed by atoms with Gasteiger partial charge in [-0.3, -0.25) is 9.88 Å². The van der Waals surface area contributed by atoms with E-state index in [1.54, 1.807) is 37.8 Å². The van der Waals surface area contributed by atoms with Gasteiger partial charge in [-0.1, -0.05) is 60.7 Å². The Balaban J connectivity index is 1.27. The van der Waals surface area contributed by atoms with Crippen molar-refractivity contribution < 1.29 is 19.1 Å². The number of aromatic nitrogens is 2. The lowest BCUT2D eigenvalue weighted by atomic mass is 10.0. The standard InChI is InChI=1S/C33H30N4O4/c1-37(30-11-7-6-10-26(30)20-23-8-4-3-5-9-23)33(39)36-29(32(38)40-2)21-24-12-14-27(15-13-24)41-31-28-22-34-18-16-25(28)17-19-35-31/h3-19,22,29H,20-21H2,1-2H3,(H,36,39). The van der Waals surface area contributed by atoms with E-state index < -0.39 is 18.0 Å². The number of nitrogens with zero attached hydrogens (tertiary/aromatic N) is 3. The first kappa shape index (κ1) is 27.3. The molecule has 0 radical (unpaired) electrons. The van der Waals surface area contributed by atoms with Gasteiger partial charge in [-0.05, 0) is 58.8 Å². The fourth-order valence-corrected chi connectivity index (χ4v) is 4.60. The van der Waals surface area contributed by atoms with Crippen LogP contribution in [0.5, 0.6) is 11.6 Å². The Bertz CT molecular complexity index is 1640. The first-order valence-corrected chi connectivity index (χ1v) is 13.2. The Labute approximate surface area is 238 Å². The monoisotopic (exact) mass is 546 g/mol. The summed E-state index contributed by atoms with van der Waals surface area (Å²) in [5.74, 6) is 0.516. The van der Waals surface area contributed by atoms with E-state index >= 15 is 0 Å². The average Bonchev–Trinajstić information content (AvgIpc) is 3.02. The summed E-state index contributed by atoms with van der Waals surface area (Å²) in [6.45, 7) is 0. The number of ether oxygens (including phenoxy) is 2. The van der Waals surface area contributed by atoms with Gasteiger partial charge >= 0.3 is 12.0 Å². The van der Waals surface area contributed by atoms with Gasteiger partial charge < -0.3 is 14.8 Å². The summed E-state index contributed by atoms with van der Waals surface area (Å²) in [5, 5.41) is 4.63. The van der Waals surface area contributed by atoms with Crippen molar-refractivity contribution in [2.75, 3.05) is 19.1 Å². The minimum Gasteiger partial charge on any atom is -0.467 e. The van der Waals surface area contributed by atoms with Crippen molar-refractivity contribution >= 4 is 28.5 Å².